The minimum absolute atomic E-state index is 0.0621. The molecular formula is C17H19N3O4S. The van der Waals surface area contributed by atoms with E-state index in [1.165, 1.54) is 24.3 Å². The molecule has 0 radical (unpaired) electrons. The zero-order valence-electron chi connectivity index (χ0n) is 13.5. The molecule has 0 amide bonds. The van der Waals surface area contributed by atoms with Crippen LogP contribution in [0.15, 0.2) is 42.5 Å². The number of nitrogens with two attached hydrogens (primary N) is 1. The number of sulfonamides is 1. The van der Waals surface area contributed by atoms with Gasteiger partial charge in [0.1, 0.15) is 0 Å². The van der Waals surface area contributed by atoms with Crippen molar-refractivity contribution < 1.29 is 13.3 Å². The third-order valence-corrected chi connectivity index (χ3v) is 5.66. The largest absolute Gasteiger partial charge is 0.399 e. The number of rotatable bonds is 5. The summed E-state index contributed by atoms with van der Waals surface area (Å²) < 4.78 is 27.7. The Bertz CT molecular complexity index is 895. The van der Waals surface area contributed by atoms with Gasteiger partial charge in [-0.05, 0) is 48.1 Å². The first-order valence-corrected chi connectivity index (χ1v) is 9.61. The van der Waals surface area contributed by atoms with Crippen LogP contribution in [-0.2, 0) is 22.2 Å². The monoisotopic (exact) mass is 361 g/mol. The Labute approximate surface area is 146 Å². The molecule has 3 N–H and O–H groups in total. The minimum atomic E-state index is -3.57. The van der Waals surface area contributed by atoms with Crippen LogP contribution in [0.3, 0.4) is 0 Å². The molecule has 3 rings (SSSR count). The van der Waals surface area contributed by atoms with Crippen molar-refractivity contribution in [2.75, 3.05) is 5.73 Å². The molecule has 8 heteroatoms. The van der Waals surface area contributed by atoms with E-state index in [0.29, 0.717) is 11.3 Å². The summed E-state index contributed by atoms with van der Waals surface area (Å²) in [6, 6.07) is 10.8. The van der Waals surface area contributed by atoms with Crippen LogP contribution in [0.25, 0.3) is 0 Å². The number of non-ortho nitro benzene ring substituents is 1. The number of hydrogen-bond acceptors (Lipinski definition) is 5. The molecule has 0 heterocycles. The zero-order valence-corrected chi connectivity index (χ0v) is 14.3. The predicted octanol–water partition coefficient (Wildman–Crippen LogP) is 2.67. The molecule has 0 bridgehead atoms. The maximum atomic E-state index is 12.5. The summed E-state index contributed by atoms with van der Waals surface area (Å²) in [7, 11) is -3.57. The third-order valence-electron chi connectivity index (χ3n) is 4.31. The number of nitrogens with zero attached hydrogens (tertiary/aromatic N) is 1. The Balaban J connectivity index is 1.75. The molecule has 1 aliphatic carbocycles. The second-order valence-electron chi connectivity index (χ2n) is 6.20. The van der Waals surface area contributed by atoms with Crippen molar-refractivity contribution in [3.05, 3.63) is 69.3 Å². The number of anilines is 1. The van der Waals surface area contributed by atoms with Crippen molar-refractivity contribution in [2.24, 2.45) is 0 Å². The molecule has 0 fully saturated rings. The molecule has 0 saturated carbocycles. The van der Waals surface area contributed by atoms with Gasteiger partial charge in [-0.2, -0.15) is 0 Å². The summed E-state index contributed by atoms with van der Waals surface area (Å²) in [4.78, 5) is 10.2. The third kappa shape index (κ3) is 4.15. The van der Waals surface area contributed by atoms with Gasteiger partial charge in [-0.15, -0.1) is 0 Å². The molecule has 1 unspecified atom stereocenters. The first kappa shape index (κ1) is 17.4. The second-order valence-corrected chi connectivity index (χ2v) is 7.96. The van der Waals surface area contributed by atoms with Gasteiger partial charge in [0.15, 0.2) is 0 Å². The summed E-state index contributed by atoms with van der Waals surface area (Å²) in [5.74, 6) is -0.216. The summed E-state index contributed by atoms with van der Waals surface area (Å²) in [5, 5.41) is 10.7. The first-order valence-electron chi connectivity index (χ1n) is 7.96. The molecule has 2 aromatic carbocycles. The van der Waals surface area contributed by atoms with Crippen molar-refractivity contribution in [3.63, 3.8) is 0 Å². The van der Waals surface area contributed by atoms with Crippen molar-refractivity contribution >= 4 is 21.4 Å². The van der Waals surface area contributed by atoms with Crippen LogP contribution in [0, 0.1) is 10.1 Å². The minimum Gasteiger partial charge on any atom is -0.399 e. The lowest BCUT2D eigenvalue weighted by Crippen LogP contribution is -2.32. The Hall–Kier alpha value is -2.45. The molecule has 1 aliphatic rings. The standard InChI is InChI=1S/C17H19N3O4S/c18-14-6-9-16-13(10-14)2-1-3-17(16)19-25(23,24)11-12-4-7-15(8-5-12)20(21)22/h4-10,17,19H,1-3,11,18H2. The van der Waals surface area contributed by atoms with Gasteiger partial charge in [-0.25, -0.2) is 13.1 Å². The normalized spacial score (nSPS) is 17.0. The van der Waals surface area contributed by atoms with Crippen LogP contribution in [0.4, 0.5) is 11.4 Å². The maximum absolute atomic E-state index is 12.5. The van der Waals surface area contributed by atoms with Crippen LogP contribution in [0.1, 0.15) is 35.6 Å². The SMILES string of the molecule is Nc1ccc2c(c1)CCCC2NS(=O)(=O)Cc1ccc([N+](=O)[O-])cc1. The fraction of sp³-hybridized carbons (Fsp3) is 0.294. The lowest BCUT2D eigenvalue weighted by molar-refractivity contribution is -0.384. The lowest BCUT2D eigenvalue weighted by atomic mass is 9.88. The Morgan fingerprint density at radius 2 is 1.92 bits per heavy atom. The average Bonchev–Trinajstić information content (AvgIpc) is 2.54. The van der Waals surface area contributed by atoms with Gasteiger partial charge in [-0.1, -0.05) is 18.2 Å². The van der Waals surface area contributed by atoms with Crippen molar-refractivity contribution in [3.8, 4) is 0 Å². The van der Waals surface area contributed by atoms with Crippen LogP contribution in [0.2, 0.25) is 0 Å². The van der Waals surface area contributed by atoms with Crippen LogP contribution < -0.4 is 10.5 Å². The highest BCUT2D eigenvalue weighted by molar-refractivity contribution is 7.88. The summed E-state index contributed by atoms with van der Waals surface area (Å²) >= 11 is 0. The van der Waals surface area contributed by atoms with E-state index in [1.807, 2.05) is 12.1 Å². The number of hydrogen-bond donors (Lipinski definition) is 2. The van der Waals surface area contributed by atoms with Crippen LogP contribution in [-0.4, -0.2) is 13.3 Å². The van der Waals surface area contributed by atoms with E-state index in [0.717, 1.165) is 30.4 Å². The van der Waals surface area contributed by atoms with Gasteiger partial charge in [0.05, 0.1) is 10.7 Å². The topological polar surface area (TPSA) is 115 Å². The van der Waals surface area contributed by atoms with E-state index in [4.69, 9.17) is 5.73 Å². The van der Waals surface area contributed by atoms with E-state index >= 15 is 0 Å². The summed E-state index contributed by atoms with van der Waals surface area (Å²) in [5.41, 5.74) is 8.97. The molecule has 2 aromatic rings. The highest BCUT2D eigenvalue weighted by Crippen LogP contribution is 2.31. The number of benzene rings is 2. The van der Waals surface area contributed by atoms with Crippen LogP contribution >= 0.6 is 0 Å². The molecule has 0 aliphatic heterocycles. The number of fused-ring (bicyclic) bond motifs is 1. The van der Waals surface area contributed by atoms with Gasteiger partial charge in [-0.3, -0.25) is 10.1 Å². The van der Waals surface area contributed by atoms with E-state index in [2.05, 4.69) is 4.72 Å². The van der Waals surface area contributed by atoms with Gasteiger partial charge >= 0.3 is 0 Å². The second kappa shape index (κ2) is 6.81. The van der Waals surface area contributed by atoms with Gasteiger partial charge < -0.3 is 5.73 Å². The molecule has 0 spiro atoms. The van der Waals surface area contributed by atoms with E-state index < -0.39 is 14.9 Å². The number of nitrogen functional groups attached to an aromatic ring is 1. The fourth-order valence-electron chi connectivity index (χ4n) is 3.15. The predicted molar refractivity (Wildman–Crippen MR) is 95.4 cm³/mol. The lowest BCUT2D eigenvalue weighted by Gasteiger charge is -2.26. The maximum Gasteiger partial charge on any atom is 0.269 e. The zero-order chi connectivity index (χ0) is 18.0. The first-order chi connectivity index (χ1) is 11.8. The molecule has 25 heavy (non-hydrogen) atoms. The molecular weight excluding hydrogens is 342 g/mol. The molecule has 0 aromatic heterocycles. The van der Waals surface area contributed by atoms with Gasteiger partial charge in [0.2, 0.25) is 10.0 Å². The number of aryl methyl sites for hydroxylation is 1. The van der Waals surface area contributed by atoms with Crippen molar-refractivity contribution in [1.29, 1.82) is 0 Å². The van der Waals surface area contributed by atoms with E-state index in [9.17, 15) is 18.5 Å². The highest BCUT2D eigenvalue weighted by atomic mass is 32.2. The fourth-order valence-corrected chi connectivity index (χ4v) is 4.54. The summed E-state index contributed by atoms with van der Waals surface area (Å²) in [6.45, 7) is 0. The van der Waals surface area contributed by atoms with E-state index in [1.54, 1.807) is 6.07 Å². The van der Waals surface area contributed by atoms with Gasteiger partial charge in [0, 0.05) is 23.9 Å². The Morgan fingerprint density at radius 3 is 2.60 bits per heavy atom. The van der Waals surface area contributed by atoms with Gasteiger partial charge in [0.25, 0.3) is 5.69 Å². The smallest absolute Gasteiger partial charge is 0.269 e. The number of nitro benzene ring substituents is 1. The highest BCUT2D eigenvalue weighted by Gasteiger charge is 2.25. The average molecular weight is 361 g/mol. The quantitative estimate of drug-likeness (QED) is 0.482. The molecule has 7 nitrogen and oxygen atoms in total. The Morgan fingerprint density at radius 1 is 1.20 bits per heavy atom. The van der Waals surface area contributed by atoms with Crippen molar-refractivity contribution in [2.45, 2.75) is 31.1 Å². The number of nitrogens with one attached hydrogen (secondary N) is 1. The molecule has 132 valence electrons. The molecule has 0 saturated heterocycles. The van der Waals surface area contributed by atoms with E-state index in [-0.39, 0.29) is 17.5 Å². The van der Waals surface area contributed by atoms with Crippen LogP contribution in [0.5, 0.6) is 0 Å². The van der Waals surface area contributed by atoms with Crippen molar-refractivity contribution in [1.82, 2.24) is 4.72 Å². The number of nitro groups is 1. The Kier molecular flexibility index (Phi) is 4.73. The summed E-state index contributed by atoms with van der Waals surface area (Å²) in [6.07, 6.45) is 2.51. The molecule has 1 atom stereocenters.